The van der Waals surface area contributed by atoms with Gasteiger partial charge >= 0.3 is 5.97 Å². The van der Waals surface area contributed by atoms with Crippen LogP contribution >= 0.6 is 23.2 Å². The van der Waals surface area contributed by atoms with Gasteiger partial charge < -0.3 is 42.3 Å². The van der Waals surface area contributed by atoms with Crippen LogP contribution < -0.4 is 32.7 Å². The van der Waals surface area contributed by atoms with E-state index >= 15 is 0 Å². The number of hydrogen-bond acceptors (Lipinski definition) is 7. The van der Waals surface area contributed by atoms with Crippen molar-refractivity contribution in [3.8, 4) is 11.3 Å². The molecule has 2 aromatic carbocycles. The topological polar surface area (TPSA) is 231 Å². The van der Waals surface area contributed by atoms with Gasteiger partial charge in [0.2, 0.25) is 17.7 Å². The third-order valence-electron chi connectivity index (χ3n) is 8.57. The summed E-state index contributed by atoms with van der Waals surface area (Å²) in [5, 5.41) is 21.4. The van der Waals surface area contributed by atoms with Gasteiger partial charge in [0.25, 0.3) is 5.91 Å². The Hall–Kier alpha value is -5.08. The van der Waals surface area contributed by atoms with Crippen LogP contribution in [-0.4, -0.2) is 71.4 Å². The number of carbonyl (C=O) groups is 5. The molecular formula is C38H49Cl2N7O7. The van der Waals surface area contributed by atoms with Gasteiger partial charge in [0.1, 0.15) is 29.9 Å². The first-order chi connectivity index (χ1) is 25.6. The van der Waals surface area contributed by atoms with Crippen LogP contribution in [0.2, 0.25) is 10.0 Å². The molecule has 0 radical (unpaired) electrons. The fourth-order valence-corrected chi connectivity index (χ4v) is 6.08. The normalized spacial score (nSPS) is 13.8. The Morgan fingerprint density at radius 3 is 2.04 bits per heavy atom. The van der Waals surface area contributed by atoms with Crippen molar-refractivity contribution in [2.24, 2.45) is 28.3 Å². The van der Waals surface area contributed by atoms with Crippen LogP contribution in [0, 0.1) is 11.8 Å². The number of nitrogens with two attached hydrogens (primary N) is 2. The molecule has 1 heterocycles. The van der Waals surface area contributed by atoms with E-state index in [1.165, 1.54) is 6.07 Å². The van der Waals surface area contributed by atoms with Crippen molar-refractivity contribution in [3.63, 3.8) is 0 Å². The minimum absolute atomic E-state index is 0.0414. The third kappa shape index (κ3) is 13.7. The highest BCUT2D eigenvalue weighted by Gasteiger charge is 2.34. The van der Waals surface area contributed by atoms with E-state index < -0.39 is 53.8 Å². The van der Waals surface area contributed by atoms with Gasteiger partial charge in [-0.3, -0.25) is 24.2 Å². The molecule has 54 heavy (non-hydrogen) atoms. The summed E-state index contributed by atoms with van der Waals surface area (Å²) in [6.07, 6.45) is 1.11. The second kappa shape index (κ2) is 21.0. The predicted molar refractivity (Wildman–Crippen MR) is 208 cm³/mol. The number of benzene rings is 2. The van der Waals surface area contributed by atoms with E-state index in [1.54, 1.807) is 61.5 Å². The molecule has 4 amide bonds. The molecule has 14 nitrogen and oxygen atoms in total. The summed E-state index contributed by atoms with van der Waals surface area (Å²) in [5.41, 5.74) is 12.2. The molecule has 3 rings (SSSR count). The molecular weight excluding hydrogens is 737 g/mol. The van der Waals surface area contributed by atoms with E-state index in [2.05, 4.69) is 26.3 Å². The number of carboxylic acids is 1. The number of nitrogens with zero attached hydrogens (tertiary/aromatic N) is 1. The number of furan rings is 1. The number of guanidine groups is 1. The van der Waals surface area contributed by atoms with Crippen molar-refractivity contribution in [1.82, 2.24) is 21.3 Å². The minimum atomic E-state index is -1.24. The maximum Gasteiger partial charge on any atom is 0.326 e. The van der Waals surface area contributed by atoms with Crippen LogP contribution in [-0.2, 0) is 25.6 Å². The Morgan fingerprint density at radius 2 is 1.44 bits per heavy atom. The molecule has 16 heteroatoms. The molecule has 1 aromatic heterocycles. The Bertz CT molecular complexity index is 1760. The van der Waals surface area contributed by atoms with Crippen molar-refractivity contribution in [3.05, 3.63) is 82.0 Å². The summed E-state index contributed by atoms with van der Waals surface area (Å²) in [6, 6.07) is 12.1. The Kier molecular flexibility index (Phi) is 16.8. The van der Waals surface area contributed by atoms with Crippen LogP contribution in [0.4, 0.5) is 0 Å². The quantitative estimate of drug-likeness (QED) is 0.0492. The zero-order valence-corrected chi connectivity index (χ0v) is 32.2. The molecule has 0 saturated heterocycles. The molecule has 0 bridgehead atoms. The van der Waals surface area contributed by atoms with Gasteiger partial charge in [-0.15, -0.1) is 0 Å². The number of hydrogen-bond donors (Lipinski definition) is 7. The van der Waals surface area contributed by atoms with Crippen molar-refractivity contribution < 1.29 is 33.5 Å². The van der Waals surface area contributed by atoms with Crippen LogP contribution in [0.1, 0.15) is 69.5 Å². The fraction of sp³-hybridized carbons (Fsp3) is 0.421. The summed E-state index contributed by atoms with van der Waals surface area (Å²) in [7, 11) is 0. The molecule has 292 valence electrons. The predicted octanol–water partition coefficient (Wildman–Crippen LogP) is 4.28. The highest BCUT2D eigenvalue weighted by molar-refractivity contribution is 6.35. The molecule has 0 aliphatic carbocycles. The van der Waals surface area contributed by atoms with Gasteiger partial charge in [0.15, 0.2) is 11.7 Å². The minimum Gasteiger partial charge on any atom is -0.480 e. The summed E-state index contributed by atoms with van der Waals surface area (Å²) in [4.78, 5) is 70.7. The standard InChI is InChI=1S/C38H49Cl2N7O7/c1-5-22(4)32(36(51)46-29(37(52)53)17-23-10-7-6-8-11-23)47-34(49)28(16-21(2)3)45-33(48)27(12-9-15-43-38(41)42)44-35(50)31-14-13-30(54-31)24-18-25(39)20-26(40)19-24/h6-8,10-11,13-14,18-22,27-29,32H,5,9,12,15-17H2,1-4H3,(H,44,50)(H,45,48)(H,46,51)(H,47,49)(H,52,53)(H4,41,42,43)/t22-,27-,28-,29-,32-/m0/s1. The molecule has 0 aliphatic heterocycles. The van der Waals surface area contributed by atoms with E-state index in [1.807, 2.05) is 20.8 Å². The van der Waals surface area contributed by atoms with E-state index in [0.29, 0.717) is 39.8 Å². The summed E-state index contributed by atoms with van der Waals surface area (Å²) >= 11 is 12.3. The average Bonchev–Trinajstić information content (AvgIpc) is 3.61. The second-order valence-electron chi connectivity index (χ2n) is 13.4. The van der Waals surface area contributed by atoms with Gasteiger partial charge in [-0.25, -0.2) is 4.79 Å². The number of rotatable bonds is 20. The lowest BCUT2D eigenvalue weighted by atomic mass is 9.96. The van der Waals surface area contributed by atoms with Gasteiger partial charge in [-0.2, -0.15) is 0 Å². The van der Waals surface area contributed by atoms with Gasteiger partial charge in [0, 0.05) is 28.6 Å². The van der Waals surface area contributed by atoms with Crippen molar-refractivity contribution in [2.45, 2.75) is 84.0 Å². The van der Waals surface area contributed by atoms with E-state index in [-0.39, 0.29) is 49.4 Å². The highest BCUT2D eigenvalue weighted by Crippen LogP contribution is 2.28. The smallest absolute Gasteiger partial charge is 0.326 e. The molecule has 0 aliphatic rings. The van der Waals surface area contributed by atoms with Crippen LogP contribution in [0.3, 0.4) is 0 Å². The van der Waals surface area contributed by atoms with E-state index in [0.717, 1.165) is 0 Å². The summed E-state index contributed by atoms with van der Waals surface area (Å²) in [6.45, 7) is 7.50. The zero-order valence-electron chi connectivity index (χ0n) is 30.7. The molecule has 5 atom stereocenters. The largest absolute Gasteiger partial charge is 0.480 e. The van der Waals surface area contributed by atoms with E-state index in [4.69, 9.17) is 39.1 Å². The lowest BCUT2D eigenvalue weighted by Crippen LogP contribution is -2.59. The van der Waals surface area contributed by atoms with Gasteiger partial charge in [-0.05, 0) is 67.0 Å². The lowest BCUT2D eigenvalue weighted by molar-refractivity contribution is -0.142. The Morgan fingerprint density at radius 1 is 0.815 bits per heavy atom. The number of halogens is 2. The highest BCUT2D eigenvalue weighted by atomic mass is 35.5. The third-order valence-corrected chi connectivity index (χ3v) is 9.01. The number of aliphatic imine (C=N–C) groups is 1. The first kappa shape index (κ1) is 43.3. The van der Waals surface area contributed by atoms with Crippen LogP contribution in [0.15, 0.2) is 70.1 Å². The van der Waals surface area contributed by atoms with Crippen LogP contribution in [0.25, 0.3) is 11.3 Å². The lowest BCUT2D eigenvalue weighted by Gasteiger charge is -2.29. The molecule has 3 aromatic rings. The first-order valence-corrected chi connectivity index (χ1v) is 18.4. The van der Waals surface area contributed by atoms with Gasteiger partial charge in [0.05, 0.1) is 0 Å². The van der Waals surface area contributed by atoms with Crippen molar-refractivity contribution >= 4 is 58.8 Å². The summed E-state index contributed by atoms with van der Waals surface area (Å²) < 4.78 is 5.77. The number of nitrogens with one attached hydrogen (secondary N) is 4. The number of aliphatic carboxylic acids is 1. The van der Waals surface area contributed by atoms with Crippen molar-refractivity contribution in [1.29, 1.82) is 0 Å². The zero-order chi connectivity index (χ0) is 39.9. The number of amides is 4. The van der Waals surface area contributed by atoms with Crippen LogP contribution in [0.5, 0.6) is 0 Å². The fourth-order valence-electron chi connectivity index (χ4n) is 5.56. The Balaban J connectivity index is 1.80. The Labute approximate surface area is 324 Å². The molecule has 0 fully saturated rings. The van der Waals surface area contributed by atoms with E-state index in [9.17, 15) is 29.1 Å². The molecule has 9 N–H and O–H groups in total. The second-order valence-corrected chi connectivity index (χ2v) is 14.3. The van der Waals surface area contributed by atoms with Gasteiger partial charge in [-0.1, -0.05) is 87.6 Å². The maximum absolute atomic E-state index is 13.9. The van der Waals surface area contributed by atoms with Crippen molar-refractivity contribution in [2.75, 3.05) is 6.54 Å². The molecule has 0 unspecified atom stereocenters. The SMILES string of the molecule is CC[C@H](C)[C@H](NC(=O)[C@H](CC(C)C)NC(=O)[C@H](CCCN=C(N)N)NC(=O)c1ccc(-c2cc(Cl)cc(Cl)c2)o1)C(=O)N[C@@H](Cc1ccccc1)C(=O)O. The first-order valence-electron chi connectivity index (χ1n) is 17.7. The molecule has 0 spiro atoms. The summed E-state index contributed by atoms with van der Waals surface area (Å²) in [5.74, 6) is -4.26. The number of carboxylic acid groups (broad SMARTS) is 1. The number of carbonyl (C=O) groups excluding carboxylic acids is 4. The average molecular weight is 787 g/mol. The maximum atomic E-state index is 13.9. The molecule has 0 saturated carbocycles. The monoisotopic (exact) mass is 785 g/mol.